The van der Waals surface area contributed by atoms with Crippen LogP contribution in [0, 0.1) is 35.3 Å². The third kappa shape index (κ3) is 4.34. The highest BCUT2D eigenvalue weighted by Gasteiger charge is 2.50. The number of amides is 2. The molecule has 0 radical (unpaired) electrons. The van der Waals surface area contributed by atoms with Crippen LogP contribution in [-0.2, 0) is 11.0 Å². The van der Waals surface area contributed by atoms with E-state index in [2.05, 4.69) is 22.1 Å². The number of hydrogen-bond acceptors (Lipinski definition) is 3. The topological polar surface area (TPSA) is 62.3 Å². The summed E-state index contributed by atoms with van der Waals surface area (Å²) >= 11 is 0. The lowest BCUT2D eigenvalue weighted by molar-refractivity contribution is -0.140. The Hall–Kier alpha value is -3.48. The zero-order valence-electron chi connectivity index (χ0n) is 19.5. The van der Waals surface area contributed by atoms with E-state index in [1.807, 2.05) is 6.07 Å². The number of nitrogens with zero attached hydrogens (tertiary/aromatic N) is 2. The summed E-state index contributed by atoms with van der Waals surface area (Å²) in [6.07, 6.45) is 0.105. The van der Waals surface area contributed by atoms with Crippen LogP contribution in [0.25, 0.3) is 0 Å². The molecule has 4 aliphatic rings. The van der Waals surface area contributed by atoms with Gasteiger partial charge >= 0.3 is 6.18 Å². The Morgan fingerprint density at radius 2 is 1.81 bits per heavy atom. The summed E-state index contributed by atoms with van der Waals surface area (Å²) in [6, 6.07) is 1.85. The molecule has 2 saturated carbocycles. The normalized spacial score (nSPS) is 25.0. The summed E-state index contributed by atoms with van der Waals surface area (Å²) in [6.45, 7) is 0. The minimum Gasteiger partial charge on any atom is -0.347 e. The summed E-state index contributed by atoms with van der Waals surface area (Å²) < 4.78 is 68.2. The lowest BCUT2D eigenvalue weighted by atomic mass is 9.92. The van der Waals surface area contributed by atoms with Crippen LogP contribution in [0.5, 0.6) is 0 Å². The second-order valence-electron chi connectivity index (χ2n) is 10.2. The number of likely N-dealkylation sites (tertiary alicyclic amines) is 1. The smallest absolute Gasteiger partial charge is 0.347 e. The van der Waals surface area contributed by atoms with Crippen molar-refractivity contribution in [2.24, 2.45) is 11.8 Å². The van der Waals surface area contributed by atoms with E-state index in [4.69, 9.17) is 0 Å². The fourth-order valence-electron chi connectivity index (χ4n) is 5.29. The second kappa shape index (κ2) is 8.54. The van der Waals surface area contributed by atoms with Crippen LogP contribution >= 0.6 is 0 Å². The molecule has 1 aromatic carbocycles. The lowest BCUT2D eigenvalue weighted by Crippen LogP contribution is -2.50. The molecule has 3 fully saturated rings. The molecule has 1 aliphatic heterocycles. The van der Waals surface area contributed by atoms with Gasteiger partial charge in [-0.3, -0.25) is 14.6 Å². The number of hydrogen-bond donors (Lipinski definition) is 1. The fraction of sp³-hybridized carbons (Fsp3) is 0.444. The second-order valence-corrected chi connectivity index (χ2v) is 10.2. The minimum atomic E-state index is -5.05. The van der Waals surface area contributed by atoms with E-state index in [0.717, 1.165) is 18.4 Å². The van der Waals surface area contributed by atoms with E-state index in [9.17, 15) is 31.5 Å². The number of nitrogens with one attached hydrogen (secondary N) is 1. The summed E-state index contributed by atoms with van der Waals surface area (Å²) in [7, 11) is 0. The van der Waals surface area contributed by atoms with Gasteiger partial charge in [-0.2, -0.15) is 13.2 Å². The van der Waals surface area contributed by atoms with E-state index in [1.165, 1.54) is 4.90 Å². The molecule has 192 valence electrons. The molecule has 1 saturated heterocycles. The van der Waals surface area contributed by atoms with Crippen LogP contribution in [0.2, 0.25) is 0 Å². The number of alkyl halides is 3. The van der Waals surface area contributed by atoms with Crippen molar-refractivity contribution in [1.82, 2.24) is 15.2 Å². The van der Waals surface area contributed by atoms with E-state index in [0.29, 0.717) is 24.8 Å². The zero-order chi connectivity index (χ0) is 26.1. The van der Waals surface area contributed by atoms with Crippen molar-refractivity contribution in [1.29, 1.82) is 0 Å². The molecule has 2 amide bonds. The predicted molar refractivity (Wildman–Crippen MR) is 121 cm³/mol. The van der Waals surface area contributed by atoms with E-state index >= 15 is 0 Å². The van der Waals surface area contributed by atoms with Gasteiger partial charge in [0.05, 0.1) is 17.5 Å². The van der Waals surface area contributed by atoms with E-state index < -0.39 is 53.3 Å². The Labute approximate surface area is 209 Å². The molecule has 1 aromatic heterocycles. The van der Waals surface area contributed by atoms with Gasteiger partial charge in [0.1, 0.15) is 29.4 Å². The van der Waals surface area contributed by atoms with Crippen molar-refractivity contribution < 1.29 is 31.5 Å². The standard InChI is InChI=1S/C27H22F5N3O2/c28-19-12-18(27(30,31)32)20(29)11-17(19)24(14-3-4-14)34-25(36)23-10-16-5-6-22(16)35(23)26(37)21-9-15(7-8-33-21)13-1-2-13/h7-9,11-14,16,22-24H,1-4,10H2,(H,34,36)/t16-,22-,23-,24-/m1/s1. The van der Waals surface area contributed by atoms with Gasteiger partial charge in [-0.1, -0.05) is 11.8 Å². The maximum atomic E-state index is 14.8. The predicted octanol–water partition coefficient (Wildman–Crippen LogP) is 4.74. The Balaban J connectivity index is 1.26. The number of benzene rings is 1. The molecule has 2 aromatic rings. The molecule has 0 spiro atoms. The van der Waals surface area contributed by atoms with E-state index in [-0.39, 0.29) is 35.6 Å². The number of carbonyl (C=O) groups excluding carboxylic acids is 2. The third-order valence-corrected chi connectivity index (χ3v) is 7.62. The lowest BCUT2D eigenvalue weighted by Gasteiger charge is -2.30. The summed E-state index contributed by atoms with van der Waals surface area (Å²) in [5.41, 5.74) is -0.804. The fourth-order valence-corrected chi connectivity index (χ4v) is 5.29. The molecule has 1 N–H and O–H groups in total. The summed E-state index contributed by atoms with van der Waals surface area (Å²) in [5, 5.41) is 2.71. The van der Waals surface area contributed by atoms with E-state index in [1.54, 1.807) is 12.3 Å². The van der Waals surface area contributed by atoms with Gasteiger partial charge in [0.25, 0.3) is 5.91 Å². The quantitative estimate of drug-likeness (QED) is 0.447. The highest BCUT2D eigenvalue weighted by Crippen LogP contribution is 2.44. The summed E-state index contributed by atoms with van der Waals surface area (Å²) in [5.74, 6) is 2.01. The van der Waals surface area contributed by atoms with Crippen LogP contribution < -0.4 is 5.32 Å². The molecule has 37 heavy (non-hydrogen) atoms. The number of carbonyl (C=O) groups is 2. The van der Waals surface area contributed by atoms with Crippen molar-refractivity contribution in [2.45, 2.75) is 62.3 Å². The zero-order valence-corrected chi connectivity index (χ0v) is 19.5. The number of halogens is 5. The van der Waals surface area contributed by atoms with Crippen LogP contribution in [-0.4, -0.2) is 33.8 Å². The molecule has 5 nitrogen and oxygen atoms in total. The molecular formula is C27H22F5N3O2. The van der Waals surface area contributed by atoms with Gasteiger partial charge in [0.15, 0.2) is 0 Å². The molecule has 10 heteroatoms. The van der Waals surface area contributed by atoms with Crippen molar-refractivity contribution in [3.05, 3.63) is 64.5 Å². The molecule has 4 atom stereocenters. The SMILES string of the molecule is O=C(N[C@@H](c1cc(F)c(C(F)(F)F)cc1F)C1CC1)[C@H]1C[C@H]2C#C[C@H]2N1C(=O)c1cc(C2CC2)ccn1. The first-order valence-electron chi connectivity index (χ1n) is 12.3. The molecule has 0 bridgehead atoms. The molecule has 6 rings (SSSR count). The maximum Gasteiger partial charge on any atom is 0.419 e. The van der Waals surface area contributed by atoms with Gasteiger partial charge in [-0.25, -0.2) is 8.78 Å². The Bertz CT molecular complexity index is 1360. The Morgan fingerprint density at radius 3 is 2.43 bits per heavy atom. The van der Waals surface area contributed by atoms with Crippen LogP contribution in [0.1, 0.15) is 71.2 Å². The van der Waals surface area contributed by atoms with Crippen molar-refractivity contribution >= 4 is 11.8 Å². The monoisotopic (exact) mass is 515 g/mol. The van der Waals surface area contributed by atoms with Crippen LogP contribution in [0.15, 0.2) is 30.5 Å². The van der Waals surface area contributed by atoms with Crippen molar-refractivity contribution in [2.75, 3.05) is 0 Å². The van der Waals surface area contributed by atoms with Crippen LogP contribution in [0.4, 0.5) is 22.0 Å². The maximum absolute atomic E-state index is 14.8. The average molecular weight is 515 g/mol. The molecule has 3 aliphatic carbocycles. The minimum absolute atomic E-state index is 0.129. The number of fused-ring (bicyclic) bond motifs is 1. The first-order valence-corrected chi connectivity index (χ1v) is 12.3. The third-order valence-electron chi connectivity index (χ3n) is 7.62. The van der Waals surface area contributed by atoms with Crippen molar-refractivity contribution in [3.63, 3.8) is 0 Å². The molecule has 0 unspecified atom stereocenters. The summed E-state index contributed by atoms with van der Waals surface area (Å²) in [4.78, 5) is 32.6. The van der Waals surface area contributed by atoms with Gasteiger partial charge in [-0.15, -0.1) is 0 Å². The van der Waals surface area contributed by atoms with Crippen molar-refractivity contribution in [3.8, 4) is 11.8 Å². The number of rotatable bonds is 6. The number of pyridine rings is 1. The number of aromatic nitrogens is 1. The molecular weight excluding hydrogens is 493 g/mol. The highest BCUT2D eigenvalue weighted by atomic mass is 19.4. The highest BCUT2D eigenvalue weighted by molar-refractivity contribution is 5.97. The van der Waals surface area contributed by atoms with Gasteiger partial charge in [0, 0.05) is 11.8 Å². The average Bonchev–Trinajstić information content (AvgIpc) is 3.75. The Kier molecular flexibility index (Phi) is 5.51. The first-order chi connectivity index (χ1) is 17.6. The first kappa shape index (κ1) is 23.9. The largest absolute Gasteiger partial charge is 0.419 e. The van der Waals surface area contributed by atoms with Crippen LogP contribution in [0.3, 0.4) is 0 Å². The molecule has 2 heterocycles. The van der Waals surface area contributed by atoms with Gasteiger partial charge in [0.2, 0.25) is 5.91 Å². The van der Waals surface area contributed by atoms with Gasteiger partial charge in [-0.05, 0) is 73.8 Å². The van der Waals surface area contributed by atoms with Gasteiger partial charge < -0.3 is 10.2 Å². The Morgan fingerprint density at radius 1 is 1.05 bits per heavy atom.